The number of benzene rings is 3. The van der Waals surface area contributed by atoms with Crippen molar-refractivity contribution >= 4 is 22.3 Å². The van der Waals surface area contributed by atoms with E-state index < -0.39 is 11.3 Å². The molecule has 3 aromatic carbocycles. The SMILES string of the molecule is N#CC1=C(N)C2(C(=O)c3ccccc3C2=O)[C@@H](c2cccc3ccccc23)[C@@H]2CCCC=C12. The first-order valence-corrected chi connectivity index (χ1v) is 11.4. The number of nitrogens with two attached hydrogens (primary N) is 1. The predicted molar refractivity (Wildman–Crippen MR) is 126 cm³/mol. The molecule has 0 amide bonds. The van der Waals surface area contributed by atoms with Crippen LogP contribution in [0.4, 0.5) is 0 Å². The summed E-state index contributed by atoms with van der Waals surface area (Å²) in [4.78, 5) is 28.4. The molecular weight excluding hydrogens is 408 g/mol. The normalized spacial score (nSPS) is 23.3. The summed E-state index contributed by atoms with van der Waals surface area (Å²) in [6.45, 7) is 0. The lowest BCUT2D eigenvalue weighted by molar-refractivity contribution is 0.0660. The van der Waals surface area contributed by atoms with Crippen molar-refractivity contribution in [1.29, 1.82) is 5.26 Å². The number of nitriles is 1. The van der Waals surface area contributed by atoms with Crippen LogP contribution in [-0.4, -0.2) is 11.6 Å². The van der Waals surface area contributed by atoms with Crippen LogP contribution in [0.15, 0.2) is 89.6 Å². The molecule has 3 aliphatic carbocycles. The fraction of sp³-hybridized carbons (Fsp3) is 0.207. The van der Waals surface area contributed by atoms with Crippen LogP contribution in [0.1, 0.15) is 51.5 Å². The van der Waals surface area contributed by atoms with E-state index in [1.54, 1.807) is 24.3 Å². The molecular formula is C29H22N2O2. The lowest BCUT2D eigenvalue weighted by atomic mass is 9.53. The second-order valence-corrected chi connectivity index (χ2v) is 9.16. The Labute approximate surface area is 192 Å². The van der Waals surface area contributed by atoms with Gasteiger partial charge in [0, 0.05) is 22.7 Å². The quantitative estimate of drug-likeness (QED) is 0.519. The highest BCUT2D eigenvalue weighted by Gasteiger charge is 2.64. The largest absolute Gasteiger partial charge is 0.400 e. The fourth-order valence-corrected chi connectivity index (χ4v) is 6.39. The molecule has 0 aliphatic heterocycles. The third-order valence-electron chi connectivity index (χ3n) is 7.74. The van der Waals surface area contributed by atoms with Crippen molar-refractivity contribution in [3.05, 3.63) is 106 Å². The molecule has 4 nitrogen and oxygen atoms in total. The first-order valence-electron chi connectivity index (χ1n) is 11.4. The molecule has 4 heteroatoms. The van der Waals surface area contributed by atoms with Crippen LogP contribution in [0.3, 0.4) is 0 Å². The monoisotopic (exact) mass is 430 g/mol. The Balaban J connectivity index is 1.75. The Hall–Kier alpha value is -3.97. The predicted octanol–water partition coefficient (Wildman–Crippen LogP) is 5.47. The summed E-state index contributed by atoms with van der Waals surface area (Å²) < 4.78 is 0. The molecule has 0 unspecified atom stereocenters. The minimum atomic E-state index is -1.60. The van der Waals surface area contributed by atoms with E-state index in [-0.39, 0.29) is 23.2 Å². The Morgan fingerprint density at radius 1 is 0.909 bits per heavy atom. The molecule has 0 radical (unpaired) electrons. The molecule has 0 saturated heterocycles. The highest BCUT2D eigenvalue weighted by molar-refractivity contribution is 6.32. The van der Waals surface area contributed by atoms with Gasteiger partial charge in [-0.25, -0.2) is 0 Å². The zero-order valence-electron chi connectivity index (χ0n) is 18.0. The Kier molecular flexibility index (Phi) is 4.19. The lowest BCUT2D eigenvalue weighted by Gasteiger charge is -2.47. The molecule has 3 aromatic rings. The third-order valence-corrected chi connectivity index (χ3v) is 7.74. The number of hydrogen-bond acceptors (Lipinski definition) is 4. The Morgan fingerprint density at radius 3 is 2.30 bits per heavy atom. The Bertz CT molecular complexity index is 1430. The van der Waals surface area contributed by atoms with Crippen LogP contribution in [0, 0.1) is 22.7 Å². The minimum Gasteiger partial charge on any atom is -0.400 e. The minimum absolute atomic E-state index is 0.110. The lowest BCUT2D eigenvalue weighted by Crippen LogP contribution is -2.51. The number of carbonyl (C=O) groups is 2. The van der Waals surface area contributed by atoms with Crippen LogP contribution in [0.2, 0.25) is 0 Å². The smallest absolute Gasteiger partial charge is 0.184 e. The van der Waals surface area contributed by atoms with Gasteiger partial charge in [-0.3, -0.25) is 9.59 Å². The van der Waals surface area contributed by atoms with E-state index in [0.29, 0.717) is 16.7 Å². The van der Waals surface area contributed by atoms with Gasteiger partial charge >= 0.3 is 0 Å². The second-order valence-electron chi connectivity index (χ2n) is 9.16. The van der Waals surface area contributed by atoms with Crippen LogP contribution in [0.5, 0.6) is 0 Å². The first-order chi connectivity index (χ1) is 16.1. The van der Waals surface area contributed by atoms with Crippen LogP contribution < -0.4 is 5.73 Å². The van der Waals surface area contributed by atoms with Crippen LogP contribution >= 0.6 is 0 Å². The van der Waals surface area contributed by atoms with Gasteiger partial charge in [-0.1, -0.05) is 72.8 Å². The molecule has 0 bridgehead atoms. The molecule has 0 heterocycles. The van der Waals surface area contributed by atoms with Gasteiger partial charge in [0.05, 0.1) is 5.57 Å². The van der Waals surface area contributed by atoms with E-state index in [2.05, 4.69) is 12.1 Å². The number of Topliss-reactive ketones (excluding diaryl/α,β-unsaturated/α-hetero) is 2. The number of allylic oxidation sites excluding steroid dienone is 4. The third kappa shape index (κ3) is 2.40. The zero-order valence-corrected chi connectivity index (χ0v) is 18.0. The molecule has 1 spiro atoms. The summed E-state index contributed by atoms with van der Waals surface area (Å²) >= 11 is 0. The summed E-state index contributed by atoms with van der Waals surface area (Å²) in [7, 11) is 0. The summed E-state index contributed by atoms with van der Waals surface area (Å²) in [6.07, 6.45) is 4.69. The maximum atomic E-state index is 14.2. The highest BCUT2D eigenvalue weighted by Crippen LogP contribution is 2.61. The van der Waals surface area contributed by atoms with Crippen molar-refractivity contribution in [3.8, 4) is 6.07 Å². The van der Waals surface area contributed by atoms with Crippen molar-refractivity contribution in [1.82, 2.24) is 0 Å². The summed E-state index contributed by atoms with van der Waals surface area (Å²) in [5, 5.41) is 12.2. The van der Waals surface area contributed by atoms with Gasteiger partial charge in [-0.2, -0.15) is 5.26 Å². The number of nitrogens with zero attached hydrogens (tertiary/aromatic N) is 1. The summed E-state index contributed by atoms with van der Waals surface area (Å²) in [5.74, 6) is -1.17. The van der Waals surface area contributed by atoms with Gasteiger partial charge in [-0.05, 0) is 47.1 Å². The maximum Gasteiger partial charge on any atom is 0.184 e. The number of rotatable bonds is 1. The highest BCUT2D eigenvalue weighted by atomic mass is 16.2. The van der Waals surface area contributed by atoms with Gasteiger partial charge < -0.3 is 5.73 Å². The maximum absolute atomic E-state index is 14.2. The van der Waals surface area contributed by atoms with Crippen LogP contribution in [0.25, 0.3) is 10.8 Å². The molecule has 2 atom stereocenters. The topological polar surface area (TPSA) is 83.9 Å². The number of fused-ring (bicyclic) bond motifs is 3. The van der Waals surface area contributed by atoms with Gasteiger partial charge in [0.15, 0.2) is 11.6 Å². The van der Waals surface area contributed by atoms with Crippen molar-refractivity contribution in [3.63, 3.8) is 0 Å². The van der Waals surface area contributed by atoms with Crippen molar-refractivity contribution in [2.24, 2.45) is 17.1 Å². The van der Waals surface area contributed by atoms with Crippen molar-refractivity contribution in [2.75, 3.05) is 0 Å². The number of ketones is 2. The van der Waals surface area contributed by atoms with E-state index in [0.717, 1.165) is 41.2 Å². The van der Waals surface area contributed by atoms with Crippen molar-refractivity contribution < 1.29 is 9.59 Å². The fourth-order valence-electron chi connectivity index (χ4n) is 6.39. The van der Waals surface area contributed by atoms with E-state index in [9.17, 15) is 14.9 Å². The molecule has 160 valence electrons. The molecule has 2 N–H and O–H groups in total. The molecule has 0 fully saturated rings. The average Bonchev–Trinajstić information content (AvgIpc) is 3.08. The second kappa shape index (κ2) is 7.02. The van der Waals surface area contributed by atoms with Gasteiger partial charge in [-0.15, -0.1) is 0 Å². The molecule has 0 aromatic heterocycles. The molecule has 33 heavy (non-hydrogen) atoms. The number of hydrogen-bond donors (Lipinski definition) is 1. The zero-order chi connectivity index (χ0) is 22.7. The van der Waals surface area contributed by atoms with Crippen LogP contribution in [-0.2, 0) is 0 Å². The molecule has 3 aliphatic rings. The van der Waals surface area contributed by atoms with E-state index in [1.165, 1.54) is 0 Å². The van der Waals surface area contributed by atoms with Crippen molar-refractivity contribution in [2.45, 2.75) is 25.2 Å². The van der Waals surface area contributed by atoms with Gasteiger partial charge in [0.1, 0.15) is 11.5 Å². The standard InChI is InChI=1S/C29H22N2O2/c30-16-24-19-11-3-4-12-21(19)25(20-15-7-9-17-8-1-2-10-18(17)20)29(26(24)31)27(32)22-13-5-6-14-23(22)28(29)33/h1-2,5-11,13-15,21,25H,3-4,12,31H2/t21-,25+/m1/s1. The number of carbonyl (C=O) groups excluding carboxylic acids is 2. The summed E-state index contributed by atoms with van der Waals surface area (Å²) in [6, 6.07) is 23.3. The average molecular weight is 431 g/mol. The molecule has 0 saturated carbocycles. The van der Waals surface area contributed by atoms with E-state index in [4.69, 9.17) is 5.73 Å². The first kappa shape index (κ1) is 19.7. The van der Waals surface area contributed by atoms with Gasteiger partial charge in [0.25, 0.3) is 0 Å². The molecule has 6 rings (SSSR count). The van der Waals surface area contributed by atoms with E-state index in [1.807, 2.05) is 42.5 Å². The van der Waals surface area contributed by atoms with Gasteiger partial charge in [0.2, 0.25) is 0 Å². The Morgan fingerprint density at radius 2 is 1.58 bits per heavy atom. The summed E-state index contributed by atoms with van der Waals surface area (Å²) in [5.41, 5.74) is 8.20. The van der Waals surface area contributed by atoms with E-state index >= 15 is 0 Å².